The molecule has 0 spiro atoms. The normalized spacial score (nSPS) is 25.2. The lowest BCUT2D eigenvalue weighted by Crippen LogP contribution is -2.15. The lowest BCUT2D eigenvalue weighted by atomic mass is 9.92. The van der Waals surface area contributed by atoms with E-state index in [1.54, 1.807) is 0 Å². The highest BCUT2D eigenvalue weighted by Gasteiger charge is 2.22. The van der Waals surface area contributed by atoms with Crippen molar-refractivity contribution in [2.45, 2.75) is 43.9 Å². The van der Waals surface area contributed by atoms with Gasteiger partial charge in [0.15, 0.2) is 0 Å². The molecule has 0 saturated heterocycles. The van der Waals surface area contributed by atoms with E-state index in [1.165, 1.54) is 47.8 Å². The number of benzene rings is 1. The standard InChI is InChI=1S/C16H19ClS/c17-15-8-3-1-2-6-12(15)10-13-11-18-16-9-5-4-7-14(13)16/h4-5,7,9,11-12,15H,1-3,6,8,10H2. The predicted molar refractivity (Wildman–Crippen MR) is 81.7 cm³/mol. The summed E-state index contributed by atoms with van der Waals surface area (Å²) in [7, 11) is 0. The Labute approximate surface area is 118 Å². The van der Waals surface area contributed by atoms with Gasteiger partial charge in [0.05, 0.1) is 0 Å². The smallest absolute Gasteiger partial charge is 0.0367 e. The zero-order valence-electron chi connectivity index (χ0n) is 10.6. The predicted octanol–water partition coefficient (Wildman–Crippen LogP) is 5.63. The Morgan fingerprint density at radius 3 is 2.89 bits per heavy atom. The van der Waals surface area contributed by atoms with Gasteiger partial charge in [-0.2, -0.15) is 0 Å². The van der Waals surface area contributed by atoms with Crippen molar-refractivity contribution in [1.29, 1.82) is 0 Å². The van der Waals surface area contributed by atoms with Gasteiger partial charge in [0.1, 0.15) is 0 Å². The molecule has 1 aliphatic carbocycles. The van der Waals surface area contributed by atoms with E-state index >= 15 is 0 Å². The Balaban J connectivity index is 1.82. The molecule has 0 amide bonds. The molecule has 18 heavy (non-hydrogen) atoms. The minimum atomic E-state index is 0.381. The maximum atomic E-state index is 6.56. The molecule has 1 heterocycles. The number of thiophene rings is 1. The fourth-order valence-corrected chi connectivity index (χ4v) is 4.39. The second-order valence-electron chi connectivity index (χ2n) is 5.38. The van der Waals surface area contributed by atoms with Crippen LogP contribution < -0.4 is 0 Å². The van der Waals surface area contributed by atoms with Crippen LogP contribution in [0.4, 0.5) is 0 Å². The zero-order valence-corrected chi connectivity index (χ0v) is 12.1. The quantitative estimate of drug-likeness (QED) is 0.493. The number of rotatable bonds is 2. The SMILES string of the molecule is ClC1CCCCCC1Cc1csc2ccccc12. The number of hydrogen-bond acceptors (Lipinski definition) is 1. The molecule has 0 aliphatic heterocycles. The van der Waals surface area contributed by atoms with E-state index in [0.717, 1.165) is 6.42 Å². The van der Waals surface area contributed by atoms with Crippen LogP contribution in [0.3, 0.4) is 0 Å². The minimum Gasteiger partial charge on any atom is -0.144 e. The molecule has 3 rings (SSSR count). The minimum absolute atomic E-state index is 0.381. The van der Waals surface area contributed by atoms with Crippen molar-refractivity contribution in [1.82, 2.24) is 0 Å². The van der Waals surface area contributed by atoms with Gasteiger partial charge in [-0.3, -0.25) is 0 Å². The Morgan fingerprint density at radius 2 is 1.94 bits per heavy atom. The summed E-state index contributed by atoms with van der Waals surface area (Å²) in [6, 6.07) is 8.73. The average molecular weight is 279 g/mol. The molecule has 0 radical (unpaired) electrons. The van der Waals surface area contributed by atoms with Crippen molar-refractivity contribution in [3.05, 3.63) is 35.2 Å². The van der Waals surface area contributed by atoms with E-state index in [9.17, 15) is 0 Å². The first kappa shape index (κ1) is 12.5. The fraction of sp³-hybridized carbons (Fsp3) is 0.500. The highest BCUT2D eigenvalue weighted by Crippen LogP contribution is 2.34. The van der Waals surface area contributed by atoms with Crippen LogP contribution in [-0.2, 0) is 6.42 Å². The largest absolute Gasteiger partial charge is 0.144 e. The van der Waals surface area contributed by atoms with Gasteiger partial charge < -0.3 is 0 Å². The van der Waals surface area contributed by atoms with Crippen molar-refractivity contribution >= 4 is 33.0 Å². The van der Waals surface area contributed by atoms with Gasteiger partial charge in [-0.05, 0) is 47.6 Å². The fourth-order valence-electron chi connectivity index (χ4n) is 3.04. The summed E-state index contributed by atoms with van der Waals surface area (Å²) < 4.78 is 1.41. The summed E-state index contributed by atoms with van der Waals surface area (Å²) in [5.74, 6) is 0.673. The van der Waals surface area contributed by atoms with Crippen molar-refractivity contribution in [2.75, 3.05) is 0 Å². The van der Waals surface area contributed by atoms with Crippen LogP contribution in [0.5, 0.6) is 0 Å². The second kappa shape index (κ2) is 5.63. The van der Waals surface area contributed by atoms with E-state index in [0.29, 0.717) is 11.3 Å². The van der Waals surface area contributed by atoms with Gasteiger partial charge in [-0.1, -0.05) is 37.5 Å². The van der Waals surface area contributed by atoms with E-state index in [2.05, 4.69) is 29.6 Å². The third kappa shape index (κ3) is 2.57. The molecule has 0 bridgehead atoms. The Hall–Kier alpha value is -0.530. The van der Waals surface area contributed by atoms with Crippen LogP contribution in [0.15, 0.2) is 29.6 Å². The molecular formula is C16H19ClS. The Morgan fingerprint density at radius 1 is 1.11 bits per heavy atom. The number of halogens is 1. The van der Waals surface area contributed by atoms with Crippen molar-refractivity contribution in [2.24, 2.45) is 5.92 Å². The summed E-state index contributed by atoms with van der Waals surface area (Å²) >= 11 is 8.42. The molecule has 1 fully saturated rings. The van der Waals surface area contributed by atoms with Crippen LogP contribution in [-0.4, -0.2) is 5.38 Å². The number of fused-ring (bicyclic) bond motifs is 1. The highest BCUT2D eigenvalue weighted by molar-refractivity contribution is 7.17. The van der Waals surface area contributed by atoms with Crippen molar-refractivity contribution in [3.8, 4) is 0 Å². The monoisotopic (exact) mass is 278 g/mol. The van der Waals surface area contributed by atoms with Crippen molar-refractivity contribution < 1.29 is 0 Å². The lowest BCUT2D eigenvalue weighted by Gasteiger charge is -2.19. The molecular weight excluding hydrogens is 260 g/mol. The molecule has 1 aromatic carbocycles. The van der Waals surface area contributed by atoms with E-state index in [-0.39, 0.29) is 0 Å². The lowest BCUT2D eigenvalue weighted by molar-refractivity contribution is 0.467. The highest BCUT2D eigenvalue weighted by atomic mass is 35.5. The Kier molecular flexibility index (Phi) is 3.91. The van der Waals surface area contributed by atoms with Crippen LogP contribution >= 0.6 is 22.9 Å². The molecule has 2 heteroatoms. The first-order chi connectivity index (χ1) is 8.84. The van der Waals surface area contributed by atoms with Gasteiger partial charge in [0.2, 0.25) is 0 Å². The second-order valence-corrected chi connectivity index (χ2v) is 6.85. The maximum Gasteiger partial charge on any atom is 0.0367 e. The molecule has 96 valence electrons. The molecule has 2 aromatic rings. The van der Waals surface area contributed by atoms with Gasteiger partial charge in [0.25, 0.3) is 0 Å². The summed E-state index contributed by atoms with van der Waals surface area (Å²) in [5, 5.41) is 4.15. The number of hydrogen-bond donors (Lipinski definition) is 0. The topological polar surface area (TPSA) is 0 Å². The summed E-state index contributed by atoms with van der Waals surface area (Å²) in [4.78, 5) is 0. The van der Waals surface area contributed by atoms with Crippen LogP contribution in [0.25, 0.3) is 10.1 Å². The van der Waals surface area contributed by atoms with Crippen LogP contribution in [0.1, 0.15) is 37.7 Å². The van der Waals surface area contributed by atoms with Crippen LogP contribution in [0.2, 0.25) is 0 Å². The molecule has 1 saturated carbocycles. The van der Waals surface area contributed by atoms with E-state index in [1.807, 2.05) is 11.3 Å². The van der Waals surface area contributed by atoms with Crippen molar-refractivity contribution in [3.63, 3.8) is 0 Å². The average Bonchev–Trinajstić information content (AvgIpc) is 2.69. The van der Waals surface area contributed by atoms with Gasteiger partial charge in [-0.15, -0.1) is 22.9 Å². The molecule has 1 aromatic heterocycles. The maximum absolute atomic E-state index is 6.56. The molecule has 2 atom stereocenters. The van der Waals surface area contributed by atoms with E-state index in [4.69, 9.17) is 11.6 Å². The number of alkyl halides is 1. The van der Waals surface area contributed by atoms with Gasteiger partial charge >= 0.3 is 0 Å². The third-order valence-corrected chi connectivity index (χ3v) is 5.70. The summed E-state index contributed by atoms with van der Waals surface area (Å²) in [6.07, 6.45) is 7.71. The first-order valence-electron chi connectivity index (χ1n) is 6.94. The van der Waals surface area contributed by atoms with Crippen LogP contribution in [0, 0.1) is 5.92 Å². The molecule has 0 nitrogen and oxygen atoms in total. The first-order valence-corrected chi connectivity index (χ1v) is 8.25. The zero-order chi connectivity index (χ0) is 12.4. The van der Waals surface area contributed by atoms with Gasteiger partial charge in [0, 0.05) is 10.1 Å². The molecule has 2 unspecified atom stereocenters. The third-order valence-electron chi connectivity index (χ3n) is 4.11. The van der Waals surface area contributed by atoms with Gasteiger partial charge in [-0.25, -0.2) is 0 Å². The Bertz CT molecular complexity index is 517. The molecule has 1 aliphatic rings. The molecule has 0 N–H and O–H groups in total. The summed E-state index contributed by atoms with van der Waals surface area (Å²) in [5.41, 5.74) is 1.51. The summed E-state index contributed by atoms with van der Waals surface area (Å²) in [6.45, 7) is 0. The van der Waals surface area contributed by atoms with E-state index < -0.39 is 0 Å².